The lowest BCUT2D eigenvalue weighted by atomic mass is 10.1. The monoisotopic (exact) mass is 354 g/mol. The predicted octanol–water partition coefficient (Wildman–Crippen LogP) is 1.16. The van der Waals surface area contributed by atoms with E-state index in [-0.39, 0.29) is 11.7 Å². The summed E-state index contributed by atoms with van der Waals surface area (Å²) in [6.07, 6.45) is 0. The molecule has 0 bridgehead atoms. The van der Waals surface area contributed by atoms with Gasteiger partial charge in [0.25, 0.3) is 0 Å². The van der Waals surface area contributed by atoms with Gasteiger partial charge >= 0.3 is 0 Å². The predicted molar refractivity (Wildman–Crippen MR) is 93.8 cm³/mol. The fourth-order valence-electron chi connectivity index (χ4n) is 2.86. The number of piperazine rings is 1. The largest absolute Gasteiger partial charge is 0.496 e. The molecule has 1 aromatic rings. The second-order valence-corrected chi connectivity index (χ2v) is 8.62. The van der Waals surface area contributed by atoms with Crippen LogP contribution in [0.1, 0.15) is 19.4 Å². The van der Waals surface area contributed by atoms with Crippen molar-refractivity contribution >= 4 is 15.7 Å². The first kappa shape index (κ1) is 18.7. The fourth-order valence-corrected chi connectivity index (χ4v) is 3.82. The molecule has 1 saturated heterocycles. The smallest absolute Gasteiger partial charge is 0.240 e. The summed E-state index contributed by atoms with van der Waals surface area (Å²) in [7, 11) is -1.68. The highest BCUT2D eigenvalue weighted by Gasteiger charge is 2.32. The molecule has 1 atom stereocenters. The van der Waals surface area contributed by atoms with Crippen LogP contribution in [0.4, 0.5) is 0 Å². The van der Waals surface area contributed by atoms with Crippen molar-refractivity contribution in [3.63, 3.8) is 0 Å². The van der Waals surface area contributed by atoms with Gasteiger partial charge in [-0.25, -0.2) is 8.42 Å². The number of carbonyl (C=O) groups is 1. The molecule has 1 amide bonds. The Bertz CT molecular complexity index is 667. The summed E-state index contributed by atoms with van der Waals surface area (Å²) < 4.78 is 29.1. The lowest BCUT2D eigenvalue weighted by molar-refractivity contribution is -0.132. The molecule has 1 aliphatic rings. The topological polar surface area (TPSA) is 66.9 Å². The normalized spacial score (nSPS) is 17.5. The third kappa shape index (κ3) is 4.27. The van der Waals surface area contributed by atoms with Crippen LogP contribution in [0, 0.1) is 0 Å². The Labute approximate surface area is 144 Å². The standard InChI is InChI=1S/C17H26N2O4S/c1-4-24(21,22)14(2)17(20)19-11-9-18(10-12-19)13-15-7-5-6-8-16(15)23-3/h5-8,14H,4,9-13H2,1-3H3/t14-/m0/s1. The van der Waals surface area contributed by atoms with Crippen molar-refractivity contribution in [3.05, 3.63) is 29.8 Å². The number of hydrogen-bond donors (Lipinski definition) is 0. The van der Waals surface area contributed by atoms with Crippen LogP contribution < -0.4 is 4.74 Å². The SMILES string of the molecule is CCS(=O)(=O)[C@@H](C)C(=O)N1CCN(Cc2ccccc2OC)CC1. The molecule has 0 unspecified atom stereocenters. The van der Waals surface area contributed by atoms with Crippen LogP contribution in [0.2, 0.25) is 0 Å². The molecule has 1 heterocycles. The summed E-state index contributed by atoms with van der Waals surface area (Å²) >= 11 is 0. The van der Waals surface area contributed by atoms with E-state index in [1.54, 1.807) is 18.9 Å². The highest BCUT2D eigenvalue weighted by atomic mass is 32.2. The summed E-state index contributed by atoms with van der Waals surface area (Å²) in [5.74, 6) is 0.570. The number of sulfone groups is 1. The van der Waals surface area contributed by atoms with E-state index >= 15 is 0 Å². The average molecular weight is 354 g/mol. The second-order valence-electron chi connectivity index (χ2n) is 6.01. The van der Waals surface area contributed by atoms with Crippen molar-refractivity contribution in [3.8, 4) is 5.75 Å². The number of rotatable bonds is 6. The Hall–Kier alpha value is -1.60. The van der Waals surface area contributed by atoms with Crippen LogP contribution in [0.5, 0.6) is 5.75 Å². The highest BCUT2D eigenvalue weighted by molar-refractivity contribution is 7.92. The molecular formula is C17H26N2O4S. The number of carbonyl (C=O) groups excluding carboxylic acids is 1. The number of para-hydroxylation sites is 1. The molecule has 2 rings (SSSR count). The van der Waals surface area contributed by atoms with E-state index in [0.29, 0.717) is 13.1 Å². The molecule has 1 aliphatic heterocycles. The fraction of sp³-hybridized carbons (Fsp3) is 0.588. The van der Waals surface area contributed by atoms with E-state index in [1.165, 1.54) is 6.92 Å². The molecule has 1 fully saturated rings. The zero-order chi connectivity index (χ0) is 17.7. The lowest BCUT2D eigenvalue weighted by Gasteiger charge is -2.36. The molecule has 24 heavy (non-hydrogen) atoms. The van der Waals surface area contributed by atoms with Crippen LogP contribution in [-0.2, 0) is 21.2 Å². The minimum atomic E-state index is -3.34. The maximum absolute atomic E-state index is 12.4. The van der Waals surface area contributed by atoms with Gasteiger partial charge in [0.1, 0.15) is 11.0 Å². The molecule has 0 N–H and O–H groups in total. The molecule has 0 radical (unpaired) electrons. The summed E-state index contributed by atoms with van der Waals surface area (Å²) in [5.41, 5.74) is 1.11. The number of methoxy groups -OCH3 is 1. The number of benzene rings is 1. The van der Waals surface area contributed by atoms with Gasteiger partial charge in [-0.2, -0.15) is 0 Å². The Morgan fingerprint density at radius 1 is 1.21 bits per heavy atom. The third-order valence-corrected chi connectivity index (χ3v) is 6.64. The van der Waals surface area contributed by atoms with Crippen LogP contribution in [-0.4, -0.2) is 68.4 Å². The second kappa shape index (κ2) is 7.98. The quantitative estimate of drug-likeness (QED) is 0.767. The molecule has 0 aliphatic carbocycles. The third-order valence-electron chi connectivity index (χ3n) is 4.56. The van der Waals surface area contributed by atoms with Gasteiger partial charge in [-0.3, -0.25) is 9.69 Å². The molecule has 0 aromatic heterocycles. The van der Waals surface area contributed by atoms with Gasteiger partial charge in [0, 0.05) is 44.0 Å². The Balaban J connectivity index is 1.93. The lowest BCUT2D eigenvalue weighted by Crippen LogP contribution is -2.52. The van der Waals surface area contributed by atoms with Gasteiger partial charge in [-0.1, -0.05) is 25.1 Å². The first-order valence-electron chi connectivity index (χ1n) is 8.23. The molecule has 134 valence electrons. The molecular weight excluding hydrogens is 328 g/mol. The maximum atomic E-state index is 12.4. The van der Waals surface area contributed by atoms with E-state index in [2.05, 4.69) is 4.90 Å². The first-order chi connectivity index (χ1) is 11.4. The highest BCUT2D eigenvalue weighted by Crippen LogP contribution is 2.20. The molecule has 0 saturated carbocycles. The van der Waals surface area contributed by atoms with Gasteiger partial charge < -0.3 is 9.64 Å². The van der Waals surface area contributed by atoms with Crippen molar-refractivity contribution in [1.29, 1.82) is 0 Å². The van der Waals surface area contributed by atoms with Gasteiger partial charge in [0.15, 0.2) is 9.84 Å². The van der Waals surface area contributed by atoms with E-state index in [9.17, 15) is 13.2 Å². The maximum Gasteiger partial charge on any atom is 0.240 e. The molecule has 1 aromatic carbocycles. The van der Waals surface area contributed by atoms with Crippen molar-refractivity contribution in [1.82, 2.24) is 9.80 Å². The number of amides is 1. The van der Waals surface area contributed by atoms with Gasteiger partial charge in [-0.15, -0.1) is 0 Å². The minimum Gasteiger partial charge on any atom is -0.496 e. The Morgan fingerprint density at radius 2 is 1.83 bits per heavy atom. The molecule has 0 spiro atoms. The van der Waals surface area contributed by atoms with Crippen molar-refractivity contribution in [2.75, 3.05) is 39.0 Å². The van der Waals surface area contributed by atoms with E-state index in [1.807, 2.05) is 24.3 Å². The van der Waals surface area contributed by atoms with Crippen LogP contribution >= 0.6 is 0 Å². The Morgan fingerprint density at radius 3 is 2.42 bits per heavy atom. The summed E-state index contributed by atoms with van der Waals surface area (Å²) in [6.45, 7) is 6.38. The minimum absolute atomic E-state index is 0.00628. The van der Waals surface area contributed by atoms with E-state index < -0.39 is 15.1 Å². The van der Waals surface area contributed by atoms with E-state index in [4.69, 9.17) is 4.74 Å². The van der Waals surface area contributed by atoms with Crippen molar-refractivity contribution in [2.45, 2.75) is 25.6 Å². The van der Waals surface area contributed by atoms with Gasteiger partial charge in [0.2, 0.25) is 5.91 Å². The average Bonchev–Trinajstić information content (AvgIpc) is 2.61. The Kier molecular flexibility index (Phi) is 6.23. The summed E-state index contributed by atoms with van der Waals surface area (Å²) in [6, 6.07) is 7.89. The van der Waals surface area contributed by atoms with Crippen LogP contribution in [0.15, 0.2) is 24.3 Å². The number of hydrogen-bond acceptors (Lipinski definition) is 5. The summed E-state index contributed by atoms with van der Waals surface area (Å²) in [5, 5.41) is -0.955. The van der Waals surface area contributed by atoms with Gasteiger partial charge in [-0.05, 0) is 13.0 Å². The van der Waals surface area contributed by atoms with E-state index in [0.717, 1.165) is 30.9 Å². The van der Waals surface area contributed by atoms with Gasteiger partial charge in [0.05, 0.1) is 7.11 Å². The van der Waals surface area contributed by atoms with Crippen molar-refractivity contribution < 1.29 is 17.9 Å². The number of nitrogens with zero attached hydrogens (tertiary/aromatic N) is 2. The zero-order valence-corrected chi connectivity index (χ0v) is 15.4. The van der Waals surface area contributed by atoms with Crippen LogP contribution in [0.25, 0.3) is 0 Å². The van der Waals surface area contributed by atoms with Crippen LogP contribution in [0.3, 0.4) is 0 Å². The summed E-state index contributed by atoms with van der Waals surface area (Å²) in [4.78, 5) is 16.3. The molecule has 7 heteroatoms. The first-order valence-corrected chi connectivity index (χ1v) is 9.95. The molecule has 6 nitrogen and oxygen atoms in total. The van der Waals surface area contributed by atoms with Crippen molar-refractivity contribution in [2.24, 2.45) is 0 Å². The number of ether oxygens (including phenoxy) is 1. The zero-order valence-electron chi connectivity index (χ0n) is 14.6.